The van der Waals surface area contributed by atoms with E-state index in [9.17, 15) is 14.7 Å². The number of carbonyl (C=O) groups is 2. The maximum Gasteiger partial charge on any atom is 0.293 e. The van der Waals surface area contributed by atoms with Crippen LogP contribution in [0.3, 0.4) is 0 Å². The largest absolute Gasteiger partial charge is 0.508 e. The highest BCUT2D eigenvalue weighted by molar-refractivity contribution is 5.98. The summed E-state index contributed by atoms with van der Waals surface area (Å²) in [5, 5.41) is 10.7. The van der Waals surface area contributed by atoms with Crippen molar-refractivity contribution in [2.24, 2.45) is 0 Å². The first kappa shape index (κ1) is 19.5. The minimum Gasteiger partial charge on any atom is -0.508 e. The Hall–Kier alpha value is -3.28. The molecule has 6 nitrogen and oxygen atoms in total. The number of amides is 1. The zero-order valence-corrected chi connectivity index (χ0v) is 16.0. The van der Waals surface area contributed by atoms with Crippen molar-refractivity contribution in [3.05, 3.63) is 77.4 Å². The molecule has 2 aliphatic heterocycles. The number of nitrogens with zero attached hydrogens (tertiary/aromatic N) is 2. The Kier molecular flexibility index (Phi) is 5.99. The lowest BCUT2D eigenvalue weighted by molar-refractivity contribution is -0.134. The van der Waals surface area contributed by atoms with Gasteiger partial charge in [0.25, 0.3) is 12.4 Å². The number of ether oxygens (including phenoxy) is 1. The zero-order valence-electron chi connectivity index (χ0n) is 16.0. The number of carbonyl (C=O) groups excluding carboxylic acids is 2. The van der Waals surface area contributed by atoms with E-state index in [4.69, 9.17) is 4.74 Å². The molecule has 1 aromatic carbocycles. The van der Waals surface area contributed by atoms with Gasteiger partial charge in [0.2, 0.25) is 0 Å². The summed E-state index contributed by atoms with van der Waals surface area (Å²) in [6.45, 7) is 0.314. The average molecular weight is 380 g/mol. The summed E-state index contributed by atoms with van der Waals surface area (Å²) in [5.41, 5.74) is 3.17. The van der Waals surface area contributed by atoms with Crippen molar-refractivity contribution in [1.29, 1.82) is 0 Å². The lowest BCUT2D eigenvalue weighted by atomic mass is 9.97. The highest BCUT2D eigenvalue weighted by Crippen LogP contribution is 2.28. The van der Waals surface area contributed by atoms with Crippen LogP contribution in [-0.2, 0) is 20.7 Å². The SMILES string of the molecule is CN(C)c1ccc(CCC(OC=O)C(O)=C2CC=C3C=CC=CN3C2=O)cc1. The summed E-state index contributed by atoms with van der Waals surface area (Å²) in [4.78, 5) is 27.2. The Bertz CT molecular complexity index is 863. The number of fused-ring (bicyclic) bond motifs is 1. The van der Waals surface area contributed by atoms with Gasteiger partial charge in [0.1, 0.15) is 5.76 Å². The van der Waals surface area contributed by atoms with Gasteiger partial charge in [-0.25, -0.2) is 0 Å². The van der Waals surface area contributed by atoms with Crippen LogP contribution >= 0.6 is 0 Å². The Morgan fingerprint density at radius 1 is 1.29 bits per heavy atom. The van der Waals surface area contributed by atoms with Gasteiger partial charge in [-0.05, 0) is 42.7 Å². The van der Waals surface area contributed by atoms with Crippen LogP contribution in [-0.4, -0.2) is 42.6 Å². The molecule has 0 saturated carbocycles. The molecule has 2 heterocycles. The van der Waals surface area contributed by atoms with Gasteiger partial charge in [-0.3, -0.25) is 14.5 Å². The maximum atomic E-state index is 12.7. The predicted octanol–water partition coefficient (Wildman–Crippen LogP) is 3.24. The number of aliphatic hydroxyl groups is 1. The molecule has 2 aliphatic rings. The summed E-state index contributed by atoms with van der Waals surface area (Å²) in [5.74, 6) is -0.481. The van der Waals surface area contributed by atoms with E-state index in [0.717, 1.165) is 16.9 Å². The first-order valence-electron chi connectivity index (χ1n) is 9.17. The second kappa shape index (κ2) is 8.61. The van der Waals surface area contributed by atoms with E-state index in [0.29, 0.717) is 25.7 Å². The van der Waals surface area contributed by atoms with E-state index in [1.54, 1.807) is 12.3 Å². The summed E-state index contributed by atoms with van der Waals surface area (Å²) >= 11 is 0. The number of benzene rings is 1. The number of allylic oxidation sites excluding steroid dienone is 4. The molecule has 1 aromatic rings. The molecule has 1 N–H and O–H groups in total. The van der Waals surface area contributed by atoms with Crippen LogP contribution in [0.2, 0.25) is 0 Å². The van der Waals surface area contributed by atoms with E-state index in [2.05, 4.69) is 0 Å². The first-order chi connectivity index (χ1) is 13.5. The third-order valence-corrected chi connectivity index (χ3v) is 4.87. The molecule has 146 valence electrons. The van der Waals surface area contributed by atoms with E-state index >= 15 is 0 Å². The lowest BCUT2D eigenvalue weighted by Gasteiger charge is -2.28. The summed E-state index contributed by atoms with van der Waals surface area (Å²) in [6, 6.07) is 8.03. The van der Waals surface area contributed by atoms with Gasteiger partial charge in [-0.1, -0.05) is 24.3 Å². The van der Waals surface area contributed by atoms with Crippen molar-refractivity contribution in [2.75, 3.05) is 19.0 Å². The fraction of sp³-hybridized carbons (Fsp3) is 0.273. The molecule has 3 rings (SSSR count). The van der Waals surface area contributed by atoms with Crippen LogP contribution in [0.4, 0.5) is 5.69 Å². The second-order valence-electron chi connectivity index (χ2n) is 6.89. The first-order valence-corrected chi connectivity index (χ1v) is 9.17. The minimum absolute atomic E-state index is 0.180. The standard InChI is InChI=1S/C22H24N2O4/c1-23(2)17-9-6-16(7-10-17)8-13-20(28-15-25)21(26)19-12-11-18-5-3-4-14-24(18)22(19)27/h3-7,9-11,14-15,20,26H,8,12-13H2,1-2H3. The molecule has 0 saturated heterocycles. The number of aliphatic hydroxyl groups excluding tert-OH is 1. The lowest BCUT2D eigenvalue weighted by Crippen LogP contribution is -2.32. The molecule has 28 heavy (non-hydrogen) atoms. The van der Waals surface area contributed by atoms with Crippen LogP contribution in [0.25, 0.3) is 0 Å². The van der Waals surface area contributed by atoms with E-state index in [1.165, 1.54) is 4.90 Å². The molecule has 0 fully saturated rings. The predicted molar refractivity (Wildman–Crippen MR) is 108 cm³/mol. The highest BCUT2D eigenvalue weighted by atomic mass is 16.5. The monoisotopic (exact) mass is 380 g/mol. The van der Waals surface area contributed by atoms with Gasteiger partial charge in [-0.15, -0.1) is 0 Å². The van der Waals surface area contributed by atoms with Crippen molar-refractivity contribution in [3.8, 4) is 0 Å². The van der Waals surface area contributed by atoms with Crippen LogP contribution < -0.4 is 4.90 Å². The molecular formula is C22H24N2O4. The van der Waals surface area contributed by atoms with E-state index in [1.807, 2.05) is 61.5 Å². The average Bonchev–Trinajstić information content (AvgIpc) is 2.71. The second-order valence-corrected chi connectivity index (χ2v) is 6.89. The van der Waals surface area contributed by atoms with Crippen LogP contribution in [0.1, 0.15) is 18.4 Å². The van der Waals surface area contributed by atoms with Crippen molar-refractivity contribution >= 4 is 18.1 Å². The van der Waals surface area contributed by atoms with Gasteiger partial charge in [0, 0.05) is 38.1 Å². The summed E-state index contributed by atoms with van der Waals surface area (Å²) in [6.07, 6.45) is 9.39. The molecule has 0 radical (unpaired) electrons. The Labute approximate surface area is 164 Å². The van der Waals surface area contributed by atoms with Crippen LogP contribution in [0.5, 0.6) is 0 Å². The van der Waals surface area contributed by atoms with Crippen molar-refractivity contribution in [2.45, 2.75) is 25.4 Å². The fourth-order valence-electron chi connectivity index (χ4n) is 3.25. The number of rotatable bonds is 7. The normalized spacial score (nSPS) is 18.3. The van der Waals surface area contributed by atoms with Crippen molar-refractivity contribution in [1.82, 2.24) is 4.90 Å². The molecule has 1 amide bonds. The van der Waals surface area contributed by atoms with Gasteiger partial charge in [0.15, 0.2) is 6.10 Å². The molecule has 0 spiro atoms. The molecular weight excluding hydrogens is 356 g/mol. The van der Waals surface area contributed by atoms with Crippen molar-refractivity contribution in [3.63, 3.8) is 0 Å². The molecule has 1 atom stereocenters. The summed E-state index contributed by atoms with van der Waals surface area (Å²) < 4.78 is 5.10. The van der Waals surface area contributed by atoms with Gasteiger partial charge in [0.05, 0.1) is 5.57 Å². The van der Waals surface area contributed by atoms with Gasteiger partial charge < -0.3 is 14.7 Å². The number of aryl methyl sites for hydroxylation is 1. The number of anilines is 1. The highest BCUT2D eigenvalue weighted by Gasteiger charge is 2.30. The van der Waals surface area contributed by atoms with Gasteiger partial charge >= 0.3 is 0 Å². The molecule has 0 aliphatic carbocycles. The molecule has 0 aromatic heterocycles. The smallest absolute Gasteiger partial charge is 0.293 e. The Balaban J connectivity index is 1.75. The Morgan fingerprint density at radius 2 is 2.04 bits per heavy atom. The third kappa shape index (κ3) is 4.17. The molecule has 1 unspecified atom stereocenters. The maximum absolute atomic E-state index is 12.7. The minimum atomic E-state index is -0.857. The topological polar surface area (TPSA) is 70.1 Å². The Morgan fingerprint density at radius 3 is 2.71 bits per heavy atom. The van der Waals surface area contributed by atoms with E-state index in [-0.39, 0.29) is 17.2 Å². The van der Waals surface area contributed by atoms with Crippen molar-refractivity contribution < 1.29 is 19.4 Å². The van der Waals surface area contributed by atoms with Crippen LogP contribution in [0.15, 0.2) is 71.8 Å². The zero-order chi connectivity index (χ0) is 20.1. The third-order valence-electron chi connectivity index (χ3n) is 4.87. The molecule has 6 heteroatoms. The van der Waals surface area contributed by atoms with Gasteiger partial charge in [-0.2, -0.15) is 0 Å². The fourth-order valence-corrected chi connectivity index (χ4v) is 3.25. The molecule has 0 bridgehead atoms. The van der Waals surface area contributed by atoms with E-state index < -0.39 is 6.10 Å². The quantitative estimate of drug-likeness (QED) is 0.447. The number of hydrogen-bond acceptors (Lipinski definition) is 5. The summed E-state index contributed by atoms with van der Waals surface area (Å²) in [7, 11) is 3.95. The number of hydrogen-bond donors (Lipinski definition) is 1. The van der Waals surface area contributed by atoms with Crippen LogP contribution in [0, 0.1) is 0 Å².